The molecule has 4 rings (SSSR count). The average Bonchev–Trinajstić information content (AvgIpc) is 2.82. The molecule has 1 saturated carbocycles. The Hall–Kier alpha value is -2.07. The fourth-order valence-corrected chi connectivity index (χ4v) is 5.06. The van der Waals surface area contributed by atoms with Crippen molar-refractivity contribution in [2.75, 3.05) is 51.2 Å². The molecule has 2 aromatic rings. The van der Waals surface area contributed by atoms with Crippen LogP contribution >= 0.6 is 0 Å². The van der Waals surface area contributed by atoms with Crippen LogP contribution in [0.4, 0.5) is 5.69 Å². The lowest BCUT2D eigenvalue weighted by molar-refractivity contribution is -0.135. The number of carbonyl (C=O) groups excluding carboxylic acids is 1. The van der Waals surface area contributed by atoms with Crippen LogP contribution in [0.1, 0.15) is 44.9 Å². The number of anilines is 1. The summed E-state index contributed by atoms with van der Waals surface area (Å²) in [4.78, 5) is 19.6. The van der Waals surface area contributed by atoms with Gasteiger partial charge in [0.05, 0.1) is 0 Å². The molecule has 0 spiro atoms. The molecule has 1 aliphatic heterocycles. The van der Waals surface area contributed by atoms with Crippen LogP contribution < -0.4 is 4.90 Å². The molecule has 0 N–H and O–H groups in total. The van der Waals surface area contributed by atoms with Gasteiger partial charge in [-0.2, -0.15) is 0 Å². The summed E-state index contributed by atoms with van der Waals surface area (Å²) in [5.74, 6) is 0.686. The van der Waals surface area contributed by atoms with Crippen LogP contribution in [0.2, 0.25) is 0 Å². The van der Waals surface area contributed by atoms with E-state index in [1.807, 2.05) is 11.9 Å². The summed E-state index contributed by atoms with van der Waals surface area (Å²) in [6.07, 6.45) is 8.26. The van der Waals surface area contributed by atoms with Gasteiger partial charge in [0.25, 0.3) is 0 Å². The van der Waals surface area contributed by atoms with E-state index in [2.05, 4.69) is 52.3 Å². The standard InChI is InChI=1S/C26H37N3O/c1-27(26(30)23-10-3-2-4-11-23)15-7-8-16-28-17-19-29(20-18-28)25-14-13-22-9-5-6-12-24(22)21-25/h5-6,9,12-14,21,23H,2-4,7-8,10-11,15-20H2,1H3. The van der Waals surface area contributed by atoms with Crippen LogP contribution in [-0.4, -0.2) is 62.0 Å². The monoisotopic (exact) mass is 407 g/mol. The molecule has 2 aliphatic rings. The third-order valence-corrected chi connectivity index (χ3v) is 7.02. The maximum atomic E-state index is 12.6. The summed E-state index contributed by atoms with van der Waals surface area (Å²) in [7, 11) is 2.00. The van der Waals surface area contributed by atoms with Crippen molar-refractivity contribution in [1.29, 1.82) is 0 Å². The van der Waals surface area contributed by atoms with Gasteiger partial charge in [-0.25, -0.2) is 0 Å². The number of carbonyl (C=O) groups is 1. The lowest BCUT2D eigenvalue weighted by Gasteiger charge is -2.36. The number of amides is 1. The van der Waals surface area contributed by atoms with Gasteiger partial charge < -0.3 is 9.80 Å². The molecule has 30 heavy (non-hydrogen) atoms. The van der Waals surface area contributed by atoms with Crippen LogP contribution in [0, 0.1) is 5.92 Å². The Bertz CT molecular complexity index is 822. The summed E-state index contributed by atoms with van der Waals surface area (Å²) >= 11 is 0. The first-order valence-electron chi connectivity index (χ1n) is 11.9. The van der Waals surface area contributed by atoms with Gasteiger partial charge in [0.1, 0.15) is 0 Å². The maximum Gasteiger partial charge on any atom is 0.225 e. The number of hydrogen-bond acceptors (Lipinski definition) is 3. The first-order valence-corrected chi connectivity index (χ1v) is 11.9. The lowest BCUT2D eigenvalue weighted by atomic mass is 9.88. The zero-order chi connectivity index (χ0) is 20.8. The Morgan fingerprint density at radius 1 is 0.933 bits per heavy atom. The maximum absolute atomic E-state index is 12.6. The van der Waals surface area contributed by atoms with Crippen LogP contribution in [0.5, 0.6) is 0 Å². The summed E-state index contributed by atoms with van der Waals surface area (Å²) in [6.45, 7) is 6.51. The molecule has 2 aromatic carbocycles. The van der Waals surface area contributed by atoms with Crippen molar-refractivity contribution in [2.24, 2.45) is 5.92 Å². The summed E-state index contributed by atoms with van der Waals surface area (Å²) < 4.78 is 0. The highest BCUT2D eigenvalue weighted by Gasteiger charge is 2.23. The van der Waals surface area contributed by atoms with E-state index in [4.69, 9.17) is 0 Å². The Kier molecular flexibility index (Phi) is 7.27. The van der Waals surface area contributed by atoms with Gasteiger partial charge in [0.15, 0.2) is 0 Å². The second-order valence-corrected chi connectivity index (χ2v) is 9.16. The third-order valence-electron chi connectivity index (χ3n) is 7.02. The van der Waals surface area contributed by atoms with Gasteiger partial charge in [0, 0.05) is 51.4 Å². The third kappa shape index (κ3) is 5.34. The van der Waals surface area contributed by atoms with Crippen molar-refractivity contribution in [3.05, 3.63) is 42.5 Å². The van der Waals surface area contributed by atoms with Gasteiger partial charge in [-0.05, 0) is 55.1 Å². The number of hydrogen-bond donors (Lipinski definition) is 0. The van der Waals surface area contributed by atoms with Crippen molar-refractivity contribution in [2.45, 2.75) is 44.9 Å². The molecular weight excluding hydrogens is 370 g/mol. The largest absolute Gasteiger partial charge is 0.369 e. The molecule has 0 unspecified atom stereocenters. The highest BCUT2D eigenvalue weighted by atomic mass is 16.2. The van der Waals surface area contributed by atoms with Crippen molar-refractivity contribution in [3.8, 4) is 0 Å². The minimum atomic E-state index is 0.298. The highest BCUT2D eigenvalue weighted by Crippen LogP contribution is 2.25. The van der Waals surface area contributed by atoms with Gasteiger partial charge in [-0.1, -0.05) is 49.6 Å². The number of unbranched alkanes of at least 4 members (excludes halogenated alkanes) is 1. The van der Waals surface area contributed by atoms with E-state index in [9.17, 15) is 4.79 Å². The number of nitrogens with zero attached hydrogens (tertiary/aromatic N) is 3. The zero-order valence-corrected chi connectivity index (χ0v) is 18.6. The van der Waals surface area contributed by atoms with Crippen LogP contribution in [0.25, 0.3) is 10.8 Å². The molecule has 0 atom stereocenters. The summed E-state index contributed by atoms with van der Waals surface area (Å²) in [5.41, 5.74) is 1.34. The molecule has 1 amide bonds. The van der Waals surface area contributed by atoms with Crippen LogP contribution in [0.15, 0.2) is 42.5 Å². The van der Waals surface area contributed by atoms with Crippen LogP contribution in [0.3, 0.4) is 0 Å². The summed E-state index contributed by atoms with van der Waals surface area (Å²) in [6, 6.07) is 15.4. The smallest absolute Gasteiger partial charge is 0.225 e. The first kappa shape index (κ1) is 21.2. The van der Waals surface area contributed by atoms with Gasteiger partial charge >= 0.3 is 0 Å². The molecule has 1 aliphatic carbocycles. The molecule has 4 heteroatoms. The quantitative estimate of drug-likeness (QED) is 0.618. The van der Waals surface area contributed by atoms with E-state index in [-0.39, 0.29) is 0 Å². The first-order chi connectivity index (χ1) is 14.7. The second kappa shape index (κ2) is 10.3. The van der Waals surface area contributed by atoms with E-state index >= 15 is 0 Å². The van der Waals surface area contributed by atoms with Crippen molar-refractivity contribution >= 4 is 22.4 Å². The minimum Gasteiger partial charge on any atom is -0.369 e. The SMILES string of the molecule is CN(CCCCN1CCN(c2ccc3ccccc3c2)CC1)C(=O)C1CCCCC1. The number of piperazine rings is 1. The highest BCUT2D eigenvalue weighted by molar-refractivity contribution is 5.85. The molecule has 1 heterocycles. The molecule has 0 radical (unpaired) electrons. The lowest BCUT2D eigenvalue weighted by Crippen LogP contribution is -2.46. The second-order valence-electron chi connectivity index (χ2n) is 9.16. The fourth-order valence-electron chi connectivity index (χ4n) is 5.06. The Balaban J connectivity index is 1.15. The van der Waals surface area contributed by atoms with Crippen molar-refractivity contribution in [1.82, 2.24) is 9.80 Å². The van der Waals surface area contributed by atoms with Crippen LogP contribution in [-0.2, 0) is 4.79 Å². The molecular formula is C26H37N3O. The van der Waals surface area contributed by atoms with Gasteiger partial charge in [-0.15, -0.1) is 0 Å². The molecule has 0 bridgehead atoms. The Morgan fingerprint density at radius 2 is 1.67 bits per heavy atom. The normalized spacial score (nSPS) is 18.6. The topological polar surface area (TPSA) is 26.8 Å². The summed E-state index contributed by atoms with van der Waals surface area (Å²) in [5, 5.41) is 2.64. The number of benzene rings is 2. The van der Waals surface area contributed by atoms with E-state index in [0.717, 1.165) is 58.5 Å². The average molecular weight is 408 g/mol. The van der Waals surface area contributed by atoms with Crippen molar-refractivity contribution in [3.63, 3.8) is 0 Å². The predicted octanol–water partition coefficient (Wildman–Crippen LogP) is 4.78. The van der Waals surface area contributed by atoms with E-state index in [1.54, 1.807) is 0 Å². The van der Waals surface area contributed by atoms with E-state index < -0.39 is 0 Å². The van der Waals surface area contributed by atoms with Gasteiger partial charge in [-0.3, -0.25) is 9.69 Å². The molecule has 0 aromatic heterocycles. The molecule has 4 nitrogen and oxygen atoms in total. The predicted molar refractivity (Wildman–Crippen MR) is 126 cm³/mol. The molecule has 162 valence electrons. The van der Waals surface area contributed by atoms with E-state index in [0.29, 0.717) is 11.8 Å². The number of fused-ring (bicyclic) bond motifs is 1. The number of rotatable bonds is 7. The minimum absolute atomic E-state index is 0.298. The van der Waals surface area contributed by atoms with E-state index in [1.165, 1.54) is 42.1 Å². The fraction of sp³-hybridized carbons (Fsp3) is 0.577. The zero-order valence-electron chi connectivity index (χ0n) is 18.6. The van der Waals surface area contributed by atoms with Gasteiger partial charge in [0.2, 0.25) is 5.91 Å². The molecule has 2 fully saturated rings. The Labute approximate surface area is 181 Å². The molecule has 1 saturated heterocycles. The van der Waals surface area contributed by atoms with Crippen molar-refractivity contribution < 1.29 is 4.79 Å². The Morgan fingerprint density at radius 3 is 2.43 bits per heavy atom.